The molecule has 0 saturated heterocycles. The van der Waals surface area contributed by atoms with Gasteiger partial charge in [-0.15, -0.1) is 13.2 Å². The standard InChI is InChI=1S/C23H22F3N3O3/c24-23(25,26)32-17-12-10-15(11-13-17)14-20(30)28-29-21(16-6-2-1-3-7-16)27-19-9-5-4-8-18(19)22(29)31/h4-5,8-13,16H,1-3,6-7,14H2,(H,28,30). The third-order valence-electron chi connectivity index (χ3n) is 5.53. The molecule has 0 atom stereocenters. The fourth-order valence-corrected chi connectivity index (χ4v) is 4.05. The third kappa shape index (κ3) is 5.09. The quantitative estimate of drug-likeness (QED) is 0.620. The van der Waals surface area contributed by atoms with Crippen LogP contribution in [0.1, 0.15) is 49.4 Å². The average molecular weight is 445 g/mol. The van der Waals surface area contributed by atoms with Crippen LogP contribution in [0.3, 0.4) is 0 Å². The van der Waals surface area contributed by atoms with E-state index < -0.39 is 12.3 Å². The van der Waals surface area contributed by atoms with E-state index in [-0.39, 0.29) is 23.6 Å². The van der Waals surface area contributed by atoms with Crippen molar-refractivity contribution in [2.24, 2.45) is 0 Å². The number of ether oxygens (including phenoxy) is 1. The largest absolute Gasteiger partial charge is 0.573 e. The zero-order chi connectivity index (χ0) is 22.7. The minimum atomic E-state index is -4.78. The lowest BCUT2D eigenvalue weighted by Crippen LogP contribution is -2.38. The van der Waals surface area contributed by atoms with Gasteiger partial charge in [0.05, 0.1) is 17.3 Å². The second kappa shape index (κ2) is 9.02. The van der Waals surface area contributed by atoms with E-state index in [1.165, 1.54) is 16.8 Å². The fraction of sp³-hybridized carbons (Fsp3) is 0.348. The van der Waals surface area contributed by atoms with Gasteiger partial charge in [0.1, 0.15) is 11.6 Å². The number of carbonyl (C=O) groups excluding carboxylic acids is 1. The maximum Gasteiger partial charge on any atom is 0.573 e. The maximum atomic E-state index is 13.1. The van der Waals surface area contributed by atoms with E-state index in [0.29, 0.717) is 22.3 Å². The number of alkyl halides is 3. The molecule has 1 N–H and O–H groups in total. The Morgan fingerprint density at radius 2 is 1.75 bits per heavy atom. The monoisotopic (exact) mass is 445 g/mol. The van der Waals surface area contributed by atoms with E-state index in [0.717, 1.165) is 44.2 Å². The Balaban J connectivity index is 1.58. The Labute approximate surface area is 182 Å². The summed E-state index contributed by atoms with van der Waals surface area (Å²) in [5.74, 6) is -0.224. The van der Waals surface area contributed by atoms with Gasteiger partial charge in [-0.25, -0.2) is 9.66 Å². The molecule has 1 heterocycles. The molecule has 168 valence electrons. The van der Waals surface area contributed by atoms with Crippen molar-refractivity contribution in [3.63, 3.8) is 0 Å². The molecular formula is C23H22F3N3O3. The van der Waals surface area contributed by atoms with Crippen LogP contribution in [0.15, 0.2) is 53.3 Å². The number of para-hydroxylation sites is 1. The summed E-state index contributed by atoms with van der Waals surface area (Å²) >= 11 is 0. The second-order valence-electron chi connectivity index (χ2n) is 7.87. The highest BCUT2D eigenvalue weighted by Crippen LogP contribution is 2.31. The average Bonchev–Trinajstić information content (AvgIpc) is 2.76. The van der Waals surface area contributed by atoms with Gasteiger partial charge in [-0.2, -0.15) is 0 Å². The summed E-state index contributed by atoms with van der Waals surface area (Å²) in [4.78, 5) is 30.5. The lowest BCUT2D eigenvalue weighted by molar-refractivity contribution is -0.274. The van der Waals surface area contributed by atoms with Gasteiger partial charge in [0.25, 0.3) is 5.56 Å². The van der Waals surface area contributed by atoms with Crippen LogP contribution in [0.4, 0.5) is 13.2 Å². The molecule has 1 amide bonds. The molecule has 4 rings (SSSR count). The van der Waals surface area contributed by atoms with Gasteiger partial charge in [-0.3, -0.25) is 15.0 Å². The van der Waals surface area contributed by atoms with Crippen molar-refractivity contribution in [1.29, 1.82) is 0 Å². The number of fused-ring (bicyclic) bond motifs is 1. The Kier molecular flexibility index (Phi) is 6.16. The zero-order valence-electron chi connectivity index (χ0n) is 17.2. The topological polar surface area (TPSA) is 73.2 Å². The van der Waals surface area contributed by atoms with Crippen molar-refractivity contribution in [1.82, 2.24) is 9.66 Å². The molecule has 0 spiro atoms. The third-order valence-corrected chi connectivity index (χ3v) is 5.53. The summed E-state index contributed by atoms with van der Waals surface area (Å²) in [5, 5.41) is 0.404. The van der Waals surface area contributed by atoms with Crippen LogP contribution < -0.4 is 15.7 Å². The summed E-state index contributed by atoms with van der Waals surface area (Å²) < 4.78 is 42.0. The van der Waals surface area contributed by atoms with E-state index in [1.807, 2.05) is 6.07 Å². The van der Waals surface area contributed by atoms with Gasteiger partial charge >= 0.3 is 6.36 Å². The Morgan fingerprint density at radius 3 is 2.44 bits per heavy atom. The first-order valence-corrected chi connectivity index (χ1v) is 10.5. The van der Waals surface area contributed by atoms with Crippen molar-refractivity contribution in [2.45, 2.75) is 50.8 Å². The molecule has 6 nitrogen and oxygen atoms in total. The van der Waals surface area contributed by atoms with Gasteiger partial charge in [0, 0.05) is 5.92 Å². The van der Waals surface area contributed by atoms with E-state index in [4.69, 9.17) is 4.98 Å². The van der Waals surface area contributed by atoms with Gasteiger partial charge in [0.15, 0.2) is 0 Å². The number of halogens is 3. The number of aromatic nitrogens is 2. The van der Waals surface area contributed by atoms with Crippen LogP contribution in [0.25, 0.3) is 10.9 Å². The van der Waals surface area contributed by atoms with Crippen molar-refractivity contribution in [3.05, 3.63) is 70.3 Å². The highest BCUT2D eigenvalue weighted by molar-refractivity contribution is 5.86. The number of nitrogens with one attached hydrogen (secondary N) is 1. The van der Waals surface area contributed by atoms with Gasteiger partial charge in [-0.1, -0.05) is 43.5 Å². The predicted molar refractivity (Wildman–Crippen MR) is 113 cm³/mol. The zero-order valence-corrected chi connectivity index (χ0v) is 17.2. The van der Waals surface area contributed by atoms with Crippen molar-refractivity contribution >= 4 is 16.8 Å². The molecule has 0 bridgehead atoms. The molecule has 1 fully saturated rings. The highest BCUT2D eigenvalue weighted by atomic mass is 19.4. The number of nitrogens with zero attached hydrogens (tertiary/aromatic N) is 2. The molecule has 1 aliphatic rings. The number of amides is 1. The molecule has 1 aliphatic carbocycles. The molecule has 0 radical (unpaired) electrons. The number of hydrogen-bond donors (Lipinski definition) is 1. The van der Waals surface area contributed by atoms with Crippen LogP contribution in [-0.2, 0) is 11.2 Å². The van der Waals surface area contributed by atoms with Crippen LogP contribution >= 0.6 is 0 Å². The van der Waals surface area contributed by atoms with Crippen molar-refractivity contribution < 1.29 is 22.7 Å². The first-order chi connectivity index (χ1) is 15.3. The van der Waals surface area contributed by atoms with E-state index in [9.17, 15) is 22.8 Å². The van der Waals surface area contributed by atoms with Crippen LogP contribution in [0, 0.1) is 0 Å². The number of hydrogen-bond acceptors (Lipinski definition) is 4. The summed E-state index contributed by atoms with van der Waals surface area (Å²) in [5.41, 5.74) is 3.38. The summed E-state index contributed by atoms with van der Waals surface area (Å²) in [7, 11) is 0. The van der Waals surface area contributed by atoms with E-state index >= 15 is 0 Å². The molecule has 9 heteroatoms. The molecule has 1 saturated carbocycles. The van der Waals surface area contributed by atoms with Gasteiger partial charge in [0.2, 0.25) is 5.91 Å². The minimum absolute atomic E-state index is 0.0696. The summed E-state index contributed by atoms with van der Waals surface area (Å²) in [6, 6.07) is 12.0. The van der Waals surface area contributed by atoms with Crippen molar-refractivity contribution in [2.75, 3.05) is 5.43 Å². The summed E-state index contributed by atoms with van der Waals surface area (Å²) in [6.45, 7) is 0. The number of rotatable bonds is 5. The van der Waals surface area contributed by atoms with Crippen LogP contribution in [0.2, 0.25) is 0 Å². The first-order valence-electron chi connectivity index (χ1n) is 10.5. The normalized spacial score (nSPS) is 15.0. The van der Waals surface area contributed by atoms with E-state index in [2.05, 4.69) is 10.2 Å². The number of carbonyl (C=O) groups is 1. The van der Waals surface area contributed by atoms with Crippen molar-refractivity contribution in [3.8, 4) is 5.75 Å². The Morgan fingerprint density at radius 1 is 1.06 bits per heavy atom. The first kappa shape index (κ1) is 21.9. The smallest absolute Gasteiger partial charge is 0.406 e. The Bertz CT molecular complexity index is 1170. The van der Waals surface area contributed by atoms with E-state index in [1.54, 1.807) is 18.2 Å². The van der Waals surface area contributed by atoms with Crippen LogP contribution in [0.5, 0.6) is 5.75 Å². The summed E-state index contributed by atoms with van der Waals surface area (Å²) in [6.07, 6.45) is 0.0903. The molecule has 3 aromatic rings. The second-order valence-corrected chi connectivity index (χ2v) is 7.87. The minimum Gasteiger partial charge on any atom is -0.406 e. The SMILES string of the molecule is O=C(Cc1ccc(OC(F)(F)F)cc1)Nn1c(C2CCCCC2)nc2ccccc2c1=O. The molecule has 2 aromatic carbocycles. The van der Waals surface area contributed by atoms with Gasteiger partial charge in [-0.05, 0) is 42.7 Å². The lowest BCUT2D eigenvalue weighted by Gasteiger charge is -2.24. The highest BCUT2D eigenvalue weighted by Gasteiger charge is 2.31. The van der Waals surface area contributed by atoms with Crippen LogP contribution in [-0.4, -0.2) is 21.9 Å². The Hall–Kier alpha value is -3.36. The van der Waals surface area contributed by atoms with Gasteiger partial charge < -0.3 is 4.74 Å². The maximum absolute atomic E-state index is 13.1. The lowest BCUT2D eigenvalue weighted by atomic mass is 9.88. The fourth-order valence-electron chi connectivity index (χ4n) is 4.05. The molecular weight excluding hydrogens is 423 g/mol. The molecule has 32 heavy (non-hydrogen) atoms. The number of benzene rings is 2. The molecule has 1 aromatic heterocycles. The molecule has 0 unspecified atom stereocenters. The molecule has 0 aliphatic heterocycles. The predicted octanol–water partition coefficient (Wildman–Crippen LogP) is 4.66.